The Morgan fingerprint density at radius 2 is 1.65 bits per heavy atom. The molecule has 2 rings (SSSR count). The quantitative estimate of drug-likeness (QED) is 0.597. The number of hydrogen-bond donors (Lipinski definition) is 1. The Kier molecular flexibility index (Phi) is 4.88. The van der Waals surface area contributed by atoms with E-state index in [2.05, 4.69) is 15.7 Å². The van der Waals surface area contributed by atoms with Gasteiger partial charge in [-0.3, -0.25) is 4.79 Å². The first-order chi connectivity index (χ1) is 9.14. The second-order valence-corrected chi connectivity index (χ2v) is 5.68. The van der Waals surface area contributed by atoms with Gasteiger partial charge in [0.15, 0.2) is 0 Å². The van der Waals surface area contributed by atoms with Gasteiger partial charge in [0, 0.05) is 17.4 Å². The third kappa shape index (κ3) is 3.35. The molecule has 2 heterocycles. The molecule has 0 aliphatic carbocycles. The molecule has 0 atom stereocenters. The number of carbonyl (C=O) groups is 1. The number of carbonyl (C=O) groups excluding carboxylic acids is 1. The zero-order valence-electron chi connectivity index (χ0n) is 12.9. The summed E-state index contributed by atoms with van der Waals surface area (Å²) in [4.78, 5) is 17.1. The minimum Gasteiger partial charge on any atom is -0.399 e. The Morgan fingerprint density at radius 1 is 1.20 bits per heavy atom. The average Bonchev–Trinajstić information content (AvgIpc) is 2.48. The minimum absolute atomic E-state index is 0.250. The van der Waals surface area contributed by atoms with Crippen molar-refractivity contribution in [3.63, 3.8) is 0 Å². The normalized spacial score (nSPS) is 19.2. The van der Waals surface area contributed by atoms with E-state index < -0.39 is 0 Å². The molecule has 1 aromatic heterocycles. The van der Waals surface area contributed by atoms with Crippen molar-refractivity contribution in [1.82, 2.24) is 9.97 Å². The summed E-state index contributed by atoms with van der Waals surface area (Å²) in [5, 5.41) is 0. The van der Waals surface area contributed by atoms with Gasteiger partial charge in [-0.2, -0.15) is 0 Å². The van der Waals surface area contributed by atoms with E-state index >= 15 is 0 Å². The van der Waals surface area contributed by atoms with Gasteiger partial charge in [0.1, 0.15) is 5.82 Å². The third-order valence-corrected chi connectivity index (χ3v) is 3.64. The molecule has 0 spiro atoms. The largest absolute Gasteiger partial charge is 0.498 e. The van der Waals surface area contributed by atoms with E-state index in [1.807, 2.05) is 41.5 Å². The molecule has 1 amide bonds. The molecular weight excluding hydrogens is 257 g/mol. The topological polar surface area (TPSA) is 87.3 Å². The van der Waals surface area contributed by atoms with E-state index in [9.17, 15) is 0 Å². The lowest BCUT2D eigenvalue weighted by molar-refractivity contribution is -0.106. The molecule has 0 unspecified atom stereocenters. The van der Waals surface area contributed by atoms with Crippen molar-refractivity contribution in [1.29, 1.82) is 0 Å². The third-order valence-electron chi connectivity index (χ3n) is 3.64. The maximum atomic E-state index is 8.58. The molecule has 0 bridgehead atoms. The standard InChI is InChI=1S/C12H19BN2O2.CH3NO/c1-8-10(7-14-9(2)15-8)13-16-11(3,4)12(5,6)17-13;2-1-3/h7H,1-6H3;1H,(H2,2,3). The Morgan fingerprint density at radius 3 is 2.05 bits per heavy atom. The van der Waals surface area contributed by atoms with Crippen LogP contribution in [0.5, 0.6) is 0 Å². The summed E-state index contributed by atoms with van der Waals surface area (Å²) in [6.07, 6.45) is 2.04. The van der Waals surface area contributed by atoms with Crippen molar-refractivity contribution in [2.75, 3.05) is 0 Å². The number of hydrogen-bond acceptors (Lipinski definition) is 5. The van der Waals surface area contributed by atoms with Crippen LogP contribution in [0.3, 0.4) is 0 Å². The van der Waals surface area contributed by atoms with Gasteiger partial charge in [-0.15, -0.1) is 0 Å². The molecule has 7 heteroatoms. The lowest BCUT2D eigenvalue weighted by Gasteiger charge is -2.32. The van der Waals surface area contributed by atoms with Crippen LogP contribution in [0.15, 0.2) is 6.20 Å². The van der Waals surface area contributed by atoms with Crippen LogP contribution in [0.1, 0.15) is 39.2 Å². The summed E-state index contributed by atoms with van der Waals surface area (Å²) in [5.74, 6) is 0.766. The van der Waals surface area contributed by atoms with E-state index in [1.54, 1.807) is 6.20 Å². The molecule has 1 aliphatic heterocycles. The van der Waals surface area contributed by atoms with Crippen molar-refractivity contribution in [3.8, 4) is 0 Å². The van der Waals surface area contributed by atoms with E-state index in [0.717, 1.165) is 17.0 Å². The SMILES string of the molecule is Cc1ncc(B2OC(C)(C)C(C)(C)O2)c(C)n1.NC=O. The second kappa shape index (κ2) is 5.89. The van der Waals surface area contributed by atoms with E-state index in [4.69, 9.17) is 14.1 Å². The van der Waals surface area contributed by atoms with E-state index in [-0.39, 0.29) is 24.7 Å². The Labute approximate surface area is 120 Å². The number of aromatic nitrogens is 2. The van der Waals surface area contributed by atoms with Crippen LogP contribution < -0.4 is 11.2 Å². The second-order valence-electron chi connectivity index (χ2n) is 5.68. The van der Waals surface area contributed by atoms with Crippen molar-refractivity contribution in [3.05, 3.63) is 17.7 Å². The van der Waals surface area contributed by atoms with Gasteiger partial charge < -0.3 is 15.0 Å². The highest BCUT2D eigenvalue weighted by atomic mass is 16.7. The fourth-order valence-electron chi connectivity index (χ4n) is 1.79. The summed E-state index contributed by atoms with van der Waals surface area (Å²) in [6, 6.07) is 0. The molecule has 20 heavy (non-hydrogen) atoms. The van der Waals surface area contributed by atoms with Crippen LogP contribution in [-0.2, 0) is 14.1 Å². The number of amides is 1. The molecule has 0 saturated carbocycles. The highest BCUT2D eigenvalue weighted by Crippen LogP contribution is 2.36. The van der Waals surface area contributed by atoms with Crippen molar-refractivity contribution >= 4 is 19.0 Å². The zero-order chi connectivity index (χ0) is 15.6. The lowest BCUT2D eigenvalue weighted by atomic mass is 9.79. The van der Waals surface area contributed by atoms with Crippen LogP contribution in [0.4, 0.5) is 0 Å². The van der Waals surface area contributed by atoms with Crippen LogP contribution in [0.25, 0.3) is 0 Å². The molecule has 110 valence electrons. The molecule has 2 N–H and O–H groups in total. The van der Waals surface area contributed by atoms with Gasteiger partial charge in [-0.05, 0) is 41.5 Å². The molecular formula is C13H22BN3O3. The van der Waals surface area contributed by atoms with Gasteiger partial charge in [0.05, 0.1) is 11.2 Å². The summed E-state index contributed by atoms with van der Waals surface area (Å²) >= 11 is 0. The monoisotopic (exact) mass is 279 g/mol. The molecule has 1 aromatic rings. The van der Waals surface area contributed by atoms with Gasteiger partial charge >= 0.3 is 7.12 Å². The zero-order valence-corrected chi connectivity index (χ0v) is 12.9. The van der Waals surface area contributed by atoms with Crippen LogP contribution in [-0.4, -0.2) is 34.7 Å². The number of primary amides is 1. The van der Waals surface area contributed by atoms with Gasteiger partial charge in [-0.1, -0.05) is 0 Å². The maximum Gasteiger partial charge on any atom is 0.498 e. The smallest absolute Gasteiger partial charge is 0.399 e. The average molecular weight is 279 g/mol. The summed E-state index contributed by atoms with van der Waals surface area (Å²) in [7, 11) is -0.374. The number of aryl methyl sites for hydroxylation is 2. The fourth-order valence-corrected chi connectivity index (χ4v) is 1.79. The first-order valence-corrected chi connectivity index (χ1v) is 6.46. The number of rotatable bonds is 1. The van der Waals surface area contributed by atoms with Crippen molar-refractivity contribution < 1.29 is 14.1 Å². The number of nitrogens with two attached hydrogens (primary N) is 1. The minimum atomic E-state index is -0.374. The highest BCUT2D eigenvalue weighted by molar-refractivity contribution is 6.62. The predicted octanol–water partition coefficient (Wildman–Crippen LogP) is 0.494. The van der Waals surface area contributed by atoms with Crippen molar-refractivity contribution in [2.24, 2.45) is 5.73 Å². The summed E-state index contributed by atoms with van der Waals surface area (Å²) in [6.45, 7) is 12.0. The van der Waals surface area contributed by atoms with E-state index in [1.165, 1.54) is 0 Å². The maximum absolute atomic E-state index is 8.58. The lowest BCUT2D eigenvalue weighted by Crippen LogP contribution is -2.41. The molecule has 1 aliphatic rings. The molecule has 0 aromatic carbocycles. The van der Waals surface area contributed by atoms with Gasteiger partial charge in [0.2, 0.25) is 6.41 Å². The van der Waals surface area contributed by atoms with Crippen LogP contribution in [0.2, 0.25) is 0 Å². The molecule has 1 saturated heterocycles. The van der Waals surface area contributed by atoms with Gasteiger partial charge in [0.25, 0.3) is 0 Å². The number of nitrogens with zero attached hydrogens (tertiary/aromatic N) is 2. The highest BCUT2D eigenvalue weighted by Gasteiger charge is 2.52. The van der Waals surface area contributed by atoms with E-state index in [0.29, 0.717) is 0 Å². The molecule has 0 radical (unpaired) electrons. The first kappa shape index (κ1) is 16.6. The Bertz CT molecular complexity index is 476. The molecule has 6 nitrogen and oxygen atoms in total. The van der Waals surface area contributed by atoms with Crippen molar-refractivity contribution in [2.45, 2.75) is 52.7 Å². The summed E-state index contributed by atoms with van der Waals surface area (Å²) < 4.78 is 11.9. The molecule has 1 fully saturated rings. The van der Waals surface area contributed by atoms with Crippen LogP contribution in [0, 0.1) is 13.8 Å². The fraction of sp³-hybridized carbons (Fsp3) is 0.615. The first-order valence-electron chi connectivity index (χ1n) is 6.46. The summed E-state index contributed by atoms with van der Waals surface area (Å²) in [5.41, 5.74) is 5.34. The van der Waals surface area contributed by atoms with Crippen LogP contribution >= 0.6 is 0 Å². The Hall–Kier alpha value is -1.47. The Balaban J connectivity index is 0.000000612. The van der Waals surface area contributed by atoms with Gasteiger partial charge in [-0.25, -0.2) is 9.97 Å². The predicted molar refractivity (Wildman–Crippen MR) is 77.5 cm³/mol.